The van der Waals surface area contributed by atoms with Crippen molar-refractivity contribution >= 4 is 62.3 Å². The molecule has 180 valence electrons. The monoisotopic (exact) mass is 549 g/mol. The number of amides is 2. The Morgan fingerprint density at radius 1 is 1.00 bits per heavy atom. The fourth-order valence-electron chi connectivity index (χ4n) is 3.22. The van der Waals surface area contributed by atoms with Crippen molar-refractivity contribution in [3.8, 4) is 11.5 Å². The van der Waals surface area contributed by atoms with Crippen molar-refractivity contribution in [2.75, 3.05) is 7.11 Å². The molecule has 35 heavy (non-hydrogen) atoms. The average Bonchev–Trinajstić information content (AvgIpc) is 3.08. The van der Waals surface area contributed by atoms with Gasteiger partial charge in [0.05, 0.1) is 23.6 Å². The molecule has 0 aliphatic carbocycles. The molecule has 1 aliphatic rings. The topological polar surface area (TPSA) is 90.0 Å². The summed E-state index contributed by atoms with van der Waals surface area (Å²) in [4.78, 5) is 26.5. The number of carbonyl (C=O) groups excluding carboxylic acids is 2. The van der Waals surface area contributed by atoms with Crippen molar-refractivity contribution in [2.24, 2.45) is 0 Å². The number of methoxy groups -OCH3 is 1. The first-order valence-electron chi connectivity index (χ1n) is 10.0. The Morgan fingerprint density at radius 2 is 1.69 bits per heavy atom. The lowest BCUT2D eigenvalue weighted by molar-refractivity contribution is -0.123. The van der Waals surface area contributed by atoms with E-state index in [9.17, 15) is 18.0 Å². The van der Waals surface area contributed by atoms with Crippen molar-refractivity contribution in [1.82, 2.24) is 4.90 Å². The van der Waals surface area contributed by atoms with Gasteiger partial charge in [-0.3, -0.25) is 14.5 Å². The summed E-state index contributed by atoms with van der Waals surface area (Å²) in [5, 5.41) is -0.0778. The third-order valence-electron chi connectivity index (χ3n) is 4.90. The van der Waals surface area contributed by atoms with Crippen LogP contribution in [-0.4, -0.2) is 31.6 Å². The number of benzene rings is 3. The van der Waals surface area contributed by atoms with Crippen molar-refractivity contribution in [3.63, 3.8) is 0 Å². The zero-order chi connectivity index (χ0) is 25.2. The van der Waals surface area contributed by atoms with Gasteiger partial charge in [0, 0.05) is 5.02 Å². The Kier molecular flexibility index (Phi) is 7.42. The number of hydrogen-bond acceptors (Lipinski definition) is 7. The predicted molar refractivity (Wildman–Crippen MR) is 135 cm³/mol. The summed E-state index contributed by atoms with van der Waals surface area (Å²) in [5.41, 5.74) is 1.25. The van der Waals surface area contributed by atoms with Crippen LogP contribution in [0.2, 0.25) is 10.0 Å². The highest BCUT2D eigenvalue weighted by Gasteiger charge is 2.35. The van der Waals surface area contributed by atoms with E-state index in [1.54, 1.807) is 0 Å². The summed E-state index contributed by atoms with van der Waals surface area (Å²) in [6.45, 7) is 0.155. The summed E-state index contributed by atoms with van der Waals surface area (Å²) in [5.74, 6) is -0.618. The molecule has 7 nitrogen and oxygen atoms in total. The Labute approximate surface area is 216 Å². The lowest BCUT2D eigenvalue weighted by Gasteiger charge is -2.13. The number of nitrogens with zero attached hydrogens (tertiary/aromatic N) is 1. The van der Waals surface area contributed by atoms with Gasteiger partial charge < -0.3 is 8.92 Å². The zero-order valence-electron chi connectivity index (χ0n) is 18.1. The quantitative estimate of drug-likeness (QED) is 0.263. The maximum Gasteiger partial charge on any atom is 0.339 e. The molecular formula is C24H17Cl2NO6S2. The molecule has 2 amide bonds. The lowest BCUT2D eigenvalue weighted by Crippen LogP contribution is -2.27. The van der Waals surface area contributed by atoms with E-state index >= 15 is 0 Å². The van der Waals surface area contributed by atoms with Gasteiger partial charge in [0.15, 0.2) is 5.75 Å². The highest BCUT2D eigenvalue weighted by molar-refractivity contribution is 8.18. The molecule has 1 aliphatic heterocycles. The molecule has 0 radical (unpaired) electrons. The van der Waals surface area contributed by atoms with Crippen molar-refractivity contribution in [3.05, 3.63) is 92.8 Å². The number of rotatable bonds is 7. The first-order valence-corrected chi connectivity index (χ1v) is 13.0. The van der Waals surface area contributed by atoms with Gasteiger partial charge in [-0.15, -0.1) is 0 Å². The van der Waals surface area contributed by atoms with Gasteiger partial charge in [-0.1, -0.05) is 53.5 Å². The van der Waals surface area contributed by atoms with Gasteiger partial charge in [-0.25, -0.2) is 0 Å². The molecular weight excluding hydrogens is 533 g/mol. The second kappa shape index (κ2) is 10.3. The van der Waals surface area contributed by atoms with Crippen LogP contribution in [0, 0.1) is 0 Å². The van der Waals surface area contributed by atoms with E-state index in [1.165, 1.54) is 49.6 Å². The first-order chi connectivity index (χ1) is 16.7. The number of ether oxygens (including phenoxy) is 1. The Morgan fingerprint density at radius 3 is 2.34 bits per heavy atom. The fourth-order valence-corrected chi connectivity index (χ4v) is 5.44. The molecule has 0 unspecified atom stereocenters. The van der Waals surface area contributed by atoms with Gasteiger partial charge in [0.25, 0.3) is 11.1 Å². The second-order valence-electron chi connectivity index (χ2n) is 7.28. The predicted octanol–water partition coefficient (Wildman–Crippen LogP) is 6.01. The summed E-state index contributed by atoms with van der Waals surface area (Å²) in [6, 6.07) is 17.5. The van der Waals surface area contributed by atoms with Gasteiger partial charge in [0.1, 0.15) is 4.90 Å². The van der Waals surface area contributed by atoms with Crippen LogP contribution in [0.4, 0.5) is 4.79 Å². The van der Waals surface area contributed by atoms with Gasteiger partial charge >= 0.3 is 10.1 Å². The summed E-state index contributed by atoms with van der Waals surface area (Å²) in [7, 11) is -2.90. The van der Waals surface area contributed by atoms with Crippen LogP contribution < -0.4 is 8.92 Å². The summed E-state index contributed by atoms with van der Waals surface area (Å²) < 4.78 is 35.9. The Bertz CT molecular complexity index is 1420. The smallest absolute Gasteiger partial charge is 0.339 e. The van der Waals surface area contributed by atoms with Crippen molar-refractivity contribution < 1.29 is 26.9 Å². The molecule has 0 bridgehead atoms. The minimum Gasteiger partial charge on any atom is -0.493 e. The molecule has 3 aromatic carbocycles. The minimum absolute atomic E-state index is 0.0322. The molecule has 1 saturated heterocycles. The molecule has 0 spiro atoms. The maximum atomic E-state index is 12.8. The Balaban J connectivity index is 1.60. The standard InChI is InChI=1S/C24H17Cl2NO6S2/c1-32-20-12-16(11-19(26)22(20)33-35(30,31)18-9-7-17(25)8-10-18)13-21-23(28)27(24(29)34-21)14-15-5-3-2-4-6-15/h2-13H,14H2,1H3/b21-13-. The largest absolute Gasteiger partial charge is 0.493 e. The number of carbonyl (C=O) groups is 2. The van der Waals surface area contributed by atoms with Crippen LogP contribution in [0.15, 0.2) is 76.5 Å². The van der Waals surface area contributed by atoms with E-state index in [4.69, 9.17) is 32.1 Å². The molecule has 0 aromatic heterocycles. The number of thioether (sulfide) groups is 1. The van der Waals surface area contributed by atoms with Crippen LogP contribution >= 0.6 is 35.0 Å². The molecule has 11 heteroatoms. The molecule has 4 rings (SSSR count). The van der Waals surface area contributed by atoms with Gasteiger partial charge in [-0.2, -0.15) is 8.42 Å². The lowest BCUT2D eigenvalue weighted by atomic mass is 10.1. The molecule has 1 fully saturated rings. The third kappa shape index (κ3) is 5.65. The number of imide groups is 1. The molecule has 1 heterocycles. The van der Waals surface area contributed by atoms with Crippen LogP contribution in [-0.2, 0) is 21.5 Å². The van der Waals surface area contributed by atoms with Crippen LogP contribution in [0.1, 0.15) is 11.1 Å². The average molecular weight is 550 g/mol. The fraction of sp³-hybridized carbons (Fsp3) is 0.0833. The van der Waals surface area contributed by atoms with Crippen LogP contribution in [0.5, 0.6) is 11.5 Å². The van der Waals surface area contributed by atoms with Gasteiger partial charge in [-0.05, 0) is 65.4 Å². The van der Waals surface area contributed by atoms with Crippen LogP contribution in [0.25, 0.3) is 6.08 Å². The van der Waals surface area contributed by atoms with E-state index in [2.05, 4.69) is 0 Å². The maximum absolute atomic E-state index is 12.8. The zero-order valence-corrected chi connectivity index (χ0v) is 21.2. The molecule has 3 aromatic rings. The number of halogens is 2. The molecule has 0 atom stereocenters. The van der Waals surface area contributed by atoms with E-state index in [-0.39, 0.29) is 32.9 Å². The highest BCUT2D eigenvalue weighted by Crippen LogP contribution is 2.40. The van der Waals surface area contributed by atoms with Crippen LogP contribution in [0.3, 0.4) is 0 Å². The normalized spacial score (nSPS) is 15.1. The van der Waals surface area contributed by atoms with Crippen molar-refractivity contribution in [1.29, 1.82) is 0 Å². The SMILES string of the molecule is COc1cc(/C=C2\SC(=O)N(Cc3ccccc3)C2=O)cc(Cl)c1OS(=O)(=O)c1ccc(Cl)cc1. The van der Waals surface area contributed by atoms with E-state index in [0.29, 0.717) is 10.6 Å². The summed E-state index contributed by atoms with van der Waals surface area (Å²) in [6.07, 6.45) is 1.49. The van der Waals surface area contributed by atoms with E-state index < -0.39 is 21.3 Å². The third-order valence-corrected chi connectivity index (χ3v) is 7.58. The summed E-state index contributed by atoms with van der Waals surface area (Å²) >= 11 is 13.0. The van der Waals surface area contributed by atoms with Gasteiger partial charge in [0.2, 0.25) is 5.75 Å². The van der Waals surface area contributed by atoms with E-state index in [1.807, 2.05) is 30.3 Å². The molecule has 0 saturated carbocycles. The Hall–Kier alpha value is -2.98. The number of hydrogen-bond donors (Lipinski definition) is 0. The first kappa shape index (κ1) is 25.1. The van der Waals surface area contributed by atoms with E-state index in [0.717, 1.165) is 22.2 Å². The molecule has 0 N–H and O–H groups in total. The van der Waals surface area contributed by atoms with Crippen molar-refractivity contribution in [2.45, 2.75) is 11.4 Å². The highest BCUT2D eigenvalue weighted by atomic mass is 35.5. The second-order valence-corrected chi connectivity index (χ2v) is 10.7. The minimum atomic E-state index is -4.22.